The van der Waals surface area contributed by atoms with Crippen LogP contribution in [0.25, 0.3) is 0 Å². The third kappa shape index (κ3) is 3.07. The van der Waals surface area contributed by atoms with Gasteiger partial charge >= 0.3 is 0 Å². The van der Waals surface area contributed by atoms with Gasteiger partial charge in [-0.1, -0.05) is 15.9 Å². The van der Waals surface area contributed by atoms with Crippen molar-refractivity contribution in [2.75, 3.05) is 26.7 Å². The van der Waals surface area contributed by atoms with E-state index in [1.807, 2.05) is 36.2 Å². The maximum atomic E-state index is 12.2. The van der Waals surface area contributed by atoms with Crippen LogP contribution in [0.5, 0.6) is 0 Å². The minimum Gasteiger partial charge on any atom is -0.338 e. The molecule has 17 heavy (non-hydrogen) atoms. The minimum atomic E-state index is 0.149. The van der Waals surface area contributed by atoms with Crippen molar-refractivity contribution < 1.29 is 4.79 Å². The predicted octanol–water partition coefficient (Wildman–Crippen LogP) is 2.13. The van der Waals surface area contributed by atoms with Crippen LogP contribution in [-0.2, 0) is 0 Å². The lowest BCUT2D eigenvalue weighted by atomic mass is 10.1. The Balaban J connectivity index is 1.99. The molecule has 1 heterocycles. The van der Waals surface area contributed by atoms with Crippen LogP contribution in [-0.4, -0.2) is 37.5 Å². The SMILES string of the molecule is CNCC1CCN(C(=O)c2ccc(Br)cc2)C1. The van der Waals surface area contributed by atoms with Gasteiger partial charge in [0, 0.05) is 23.1 Å². The van der Waals surface area contributed by atoms with E-state index >= 15 is 0 Å². The molecule has 0 bridgehead atoms. The normalized spacial score (nSPS) is 19.6. The summed E-state index contributed by atoms with van der Waals surface area (Å²) in [5.74, 6) is 0.746. The molecule has 1 amide bonds. The van der Waals surface area contributed by atoms with Crippen LogP contribution in [0.4, 0.5) is 0 Å². The number of rotatable bonds is 3. The number of likely N-dealkylation sites (tertiary alicyclic amines) is 1. The third-order valence-corrected chi connectivity index (χ3v) is 3.69. The van der Waals surface area contributed by atoms with Crippen molar-refractivity contribution in [3.05, 3.63) is 34.3 Å². The zero-order chi connectivity index (χ0) is 12.3. The van der Waals surface area contributed by atoms with E-state index < -0.39 is 0 Å². The molecule has 1 fully saturated rings. The van der Waals surface area contributed by atoms with Crippen LogP contribution in [0.15, 0.2) is 28.7 Å². The molecule has 3 nitrogen and oxygen atoms in total. The van der Waals surface area contributed by atoms with Gasteiger partial charge in [0.05, 0.1) is 0 Å². The Kier molecular flexibility index (Phi) is 4.18. The number of carbonyl (C=O) groups excluding carboxylic acids is 1. The molecular weight excluding hydrogens is 280 g/mol. The molecule has 0 saturated carbocycles. The van der Waals surface area contributed by atoms with Crippen LogP contribution < -0.4 is 5.32 Å². The zero-order valence-corrected chi connectivity index (χ0v) is 11.5. The van der Waals surface area contributed by atoms with Gasteiger partial charge in [-0.15, -0.1) is 0 Å². The number of hydrogen-bond acceptors (Lipinski definition) is 2. The van der Waals surface area contributed by atoms with Gasteiger partial charge in [-0.2, -0.15) is 0 Å². The van der Waals surface area contributed by atoms with E-state index in [1.54, 1.807) is 0 Å². The van der Waals surface area contributed by atoms with E-state index in [2.05, 4.69) is 21.2 Å². The fourth-order valence-corrected chi connectivity index (χ4v) is 2.51. The first-order chi connectivity index (χ1) is 8.20. The summed E-state index contributed by atoms with van der Waals surface area (Å²) in [6.07, 6.45) is 1.10. The van der Waals surface area contributed by atoms with E-state index in [-0.39, 0.29) is 5.91 Å². The highest BCUT2D eigenvalue weighted by molar-refractivity contribution is 9.10. The molecule has 1 saturated heterocycles. The summed E-state index contributed by atoms with van der Waals surface area (Å²) in [5, 5.41) is 3.17. The lowest BCUT2D eigenvalue weighted by Crippen LogP contribution is -2.30. The second-order valence-electron chi connectivity index (χ2n) is 4.47. The lowest BCUT2D eigenvalue weighted by Gasteiger charge is -2.16. The Hall–Kier alpha value is -0.870. The first-order valence-corrected chi connectivity index (χ1v) is 6.69. The average molecular weight is 297 g/mol. The highest BCUT2D eigenvalue weighted by atomic mass is 79.9. The number of nitrogens with zero attached hydrogens (tertiary/aromatic N) is 1. The molecule has 1 unspecified atom stereocenters. The number of hydrogen-bond donors (Lipinski definition) is 1. The van der Waals surface area contributed by atoms with Crippen LogP contribution in [0.1, 0.15) is 16.8 Å². The van der Waals surface area contributed by atoms with Crippen molar-refractivity contribution >= 4 is 21.8 Å². The Morgan fingerprint density at radius 3 is 2.82 bits per heavy atom. The van der Waals surface area contributed by atoms with Crippen LogP contribution in [0.2, 0.25) is 0 Å². The Morgan fingerprint density at radius 2 is 2.18 bits per heavy atom. The van der Waals surface area contributed by atoms with Crippen LogP contribution in [0, 0.1) is 5.92 Å². The summed E-state index contributed by atoms with van der Waals surface area (Å²) in [6, 6.07) is 7.57. The quantitative estimate of drug-likeness (QED) is 0.927. The highest BCUT2D eigenvalue weighted by Crippen LogP contribution is 2.19. The first-order valence-electron chi connectivity index (χ1n) is 5.90. The number of nitrogens with one attached hydrogen (secondary N) is 1. The maximum absolute atomic E-state index is 12.2. The molecule has 1 aromatic carbocycles. The van der Waals surface area contributed by atoms with Gasteiger partial charge in [0.1, 0.15) is 0 Å². The van der Waals surface area contributed by atoms with Crippen molar-refractivity contribution in [3.8, 4) is 0 Å². The van der Waals surface area contributed by atoms with Crippen LogP contribution in [0.3, 0.4) is 0 Å². The van der Waals surface area contributed by atoms with Gasteiger partial charge in [0.25, 0.3) is 5.91 Å². The van der Waals surface area contributed by atoms with Crippen LogP contribution >= 0.6 is 15.9 Å². The van der Waals surface area contributed by atoms with Gasteiger partial charge in [-0.3, -0.25) is 4.79 Å². The molecule has 2 rings (SSSR count). The van der Waals surface area contributed by atoms with E-state index in [0.29, 0.717) is 5.92 Å². The Labute approximate surface area is 110 Å². The molecule has 0 spiro atoms. The van der Waals surface area contributed by atoms with Gasteiger partial charge in [0.15, 0.2) is 0 Å². The Bertz CT molecular complexity index is 391. The number of halogens is 1. The topological polar surface area (TPSA) is 32.3 Å². The van der Waals surface area contributed by atoms with Gasteiger partial charge in [-0.25, -0.2) is 0 Å². The molecule has 0 aromatic heterocycles. The van der Waals surface area contributed by atoms with E-state index in [9.17, 15) is 4.79 Å². The van der Waals surface area contributed by atoms with E-state index in [0.717, 1.165) is 36.1 Å². The van der Waals surface area contributed by atoms with Crippen molar-refractivity contribution in [1.29, 1.82) is 0 Å². The molecule has 1 aliphatic rings. The predicted molar refractivity (Wildman–Crippen MR) is 72.1 cm³/mol. The summed E-state index contributed by atoms with van der Waals surface area (Å²) >= 11 is 3.38. The zero-order valence-electron chi connectivity index (χ0n) is 9.95. The number of amides is 1. The summed E-state index contributed by atoms with van der Waals surface area (Å²) < 4.78 is 1.00. The highest BCUT2D eigenvalue weighted by Gasteiger charge is 2.26. The second kappa shape index (κ2) is 5.65. The number of carbonyl (C=O) groups is 1. The minimum absolute atomic E-state index is 0.149. The molecule has 4 heteroatoms. The summed E-state index contributed by atoms with van der Waals surface area (Å²) in [5.41, 5.74) is 0.776. The molecule has 0 radical (unpaired) electrons. The first kappa shape index (κ1) is 12.6. The standard InChI is InChI=1S/C13H17BrN2O/c1-15-8-10-6-7-16(9-10)13(17)11-2-4-12(14)5-3-11/h2-5,10,15H,6-9H2,1H3. The molecule has 1 atom stereocenters. The third-order valence-electron chi connectivity index (χ3n) is 3.16. The lowest BCUT2D eigenvalue weighted by molar-refractivity contribution is 0.0787. The van der Waals surface area contributed by atoms with Gasteiger partial charge in [0.2, 0.25) is 0 Å². The monoisotopic (exact) mass is 296 g/mol. The smallest absolute Gasteiger partial charge is 0.253 e. The van der Waals surface area contributed by atoms with Gasteiger partial charge < -0.3 is 10.2 Å². The van der Waals surface area contributed by atoms with E-state index in [4.69, 9.17) is 0 Å². The second-order valence-corrected chi connectivity index (χ2v) is 5.39. The average Bonchev–Trinajstić information content (AvgIpc) is 2.78. The van der Waals surface area contributed by atoms with Gasteiger partial charge in [-0.05, 0) is 50.2 Å². The molecule has 1 aromatic rings. The molecular formula is C13H17BrN2O. The van der Waals surface area contributed by atoms with E-state index in [1.165, 1.54) is 0 Å². The fourth-order valence-electron chi connectivity index (χ4n) is 2.25. The summed E-state index contributed by atoms with van der Waals surface area (Å²) in [4.78, 5) is 14.1. The molecule has 0 aliphatic carbocycles. The molecule has 1 N–H and O–H groups in total. The largest absolute Gasteiger partial charge is 0.338 e. The maximum Gasteiger partial charge on any atom is 0.253 e. The van der Waals surface area contributed by atoms with Crippen molar-refractivity contribution in [2.45, 2.75) is 6.42 Å². The fraction of sp³-hybridized carbons (Fsp3) is 0.462. The summed E-state index contributed by atoms with van der Waals surface area (Å²) in [6.45, 7) is 2.74. The van der Waals surface area contributed by atoms with Crippen molar-refractivity contribution in [3.63, 3.8) is 0 Å². The molecule has 92 valence electrons. The summed E-state index contributed by atoms with van der Waals surface area (Å²) in [7, 11) is 1.96. The van der Waals surface area contributed by atoms with Crippen molar-refractivity contribution in [2.24, 2.45) is 5.92 Å². The van der Waals surface area contributed by atoms with Crippen molar-refractivity contribution in [1.82, 2.24) is 10.2 Å². The number of benzene rings is 1. The Morgan fingerprint density at radius 1 is 1.47 bits per heavy atom. The molecule has 1 aliphatic heterocycles.